The van der Waals surface area contributed by atoms with Crippen LogP contribution in [0.5, 0.6) is 5.75 Å². The maximum absolute atomic E-state index is 11.5. The first-order chi connectivity index (χ1) is 11.0. The lowest BCUT2D eigenvalue weighted by Gasteiger charge is -2.14. The average molecular weight is 339 g/mol. The van der Waals surface area contributed by atoms with Crippen molar-refractivity contribution in [1.82, 2.24) is 10.6 Å². The van der Waals surface area contributed by atoms with E-state index in [1.807, 2.05) is 31.2 Å². The Balaban J connectivity index is 1.91. The number of ether oxygens (including phenoxy) is 1. The highest BCUT2D eigenvalue weighted by molar-refractivity contribution is 7.91. The van der Waals surface area contributed by atoms with Gasteiger partial charge in [-0.25, -0.2) is 13.4 Å². The van der Waals surface area contributed by atoms with Gasteiger partial charge in [0.05, 0.1) is 25.2 Å². The number of nitrogens with zero attached hydrogens (tertiary/aromatic N) is 1. The Morgan fingerprint density at radius 1 is 1.39 bits per heavy atom. The molecule has 2 N–H and O–H groups in total. The minimum Gasteiger partial charge on any atom is -0.497 e. The van der Waals surface area contributed by atoms with Gasteiger partial charge in [-0.05, 0) is 37.0 Å². The molecule has 7 heteroatoms. The molecular formula is C16H25N3O3S. The van der Waals surface area contributed by atoms with Gasteiger partial charge in [-0.2, -0.15) is 0 Å². The van der Waals surface area contributed by atoms with Gasteiger partial charge in [-0.1, -0.05) is 12.1 Å². The van der Waals surface area contributed by atoms with Gasteiger partial charge in [0.1, 0.15) is 5.75 Å². The molecule has 1 aromatic rings. The van der Waals surface area contributed by atoms with E-state index in [4.69, 9.17) is 4.74 Å². The minimum atomic E-state index is -2.83. The van der Waals surface area contributed by atoms with E-state index in [0.717, 1.165) is 24.3 Å². The maximum Gasteiger partial charge on any atom is 0.191 e. The van der Waals surface area contributed by atoms with Crippen LogP contribution in [-0.4, -0.2) is 46.1 Å². The number of hydrogen-bond acceptors (Lipinski definition) is 4. The standard InChI is InChI=1S/C16H25N3O3S/c1-3-17-16(19-11-14-7-8-23(20,21)12-14)18-10-13-5-4-6-15(9-13)22-2/h4-6,9,14H,3,7-8,10-12H2,1-2H3,(H2,17,18,19). The Hall–Kier alpha value is -1.76. The summed E-state index contributed by atoms with van der Waals surface area (Å²) in [6, 6.07) is 7.79. The summed E-state index contributed by atoms with van der Waals surface area (Å²) in [5.74, 6) is 2.26. The summed E-state index contributed by atoms with van der Waals surface area (Å²) in [6.07, 6.45) is 0.727. The Kier molecular flexibility index (Phi) is 6.27. The fourth-order valence-electron chi connectivity index (χ4n) is 2.56. The van der Waals surface area contributed by atoms with Crippen molar-refractivity contribution in [3.63, 3.8) is 0 Å². The van der Waals surface area contributed by atoms with Gasteiger partial charge in [0.2, 0.25) is 0 Å². The Morgan fingerprint density at radius 2 is 2.22 bits per heavy atom. The summed E-state index contributed by atoms with van der Waals surface area (Å²) < 4.78 is 28.2. The van der Waals surface area contributed by atoms with Crippen LogP contribution in [0.4, 0.5) is 0 Å². The van der Waals surface area contributed by atoms with Crippen LogP contribution in [0.1, 0.15) is 18.9 Å². The normalized spacial score (nSPS) is 20.3. The lowest BCUT2D eigenvalue weighted by molar-refractivity contribution is 0.414. The fraction of sp³-hybridized carbons (Fsp3) is 0.562. The summed E-state index contributed by atoms with van der Waals surface area (Å²) in [7, 11) is -1.19. The molecule has 6 nitrogen and oxygen atoms in total. The van der Waals surface area contributed by atoms with Gasteiger partial charge < -0.3 is 15.4 Å². The summed E-state index contributed by atoms with van der Waals surface area (Å²) in [5, 5.41) is 6.43. The topological polar surface area (TPSA) is 79.8 Å². The third kappa shape index (κ3) is 5.74. The largest absolute Gasteiger partial charge is 0.497 e. The number of benzene rings is 1. The molecule has 0 bridgehead atoms. The molecule has 0 aliphatic carbocycles. The molecule has 0 spiro atoms. The molecule has 0 aromatic heterocycles. The molecule has 0 saturated carbocycles. The van der Waals surface area contributed by atoms with Crippen molar-refractivity contribution in [3.05, 3.63) is 29.8 Å². The van der Waals surface area contributed by atoms with Gasteiger partial charge in [0, 0.05) is 13.1 Å². The van der Waals surface area contributed by atoms with E-state index in [2.05, 4.69) is 15.6 Å². The van der Waals surface area contributed by atoms with Crippen LogP contribution in [0.25, 0.3) is 0 Å². The van der Waals surface area contributed by atoms with Crippen molar-refractivity contribution in [3.8, 4) is 5.75 Å². The smallest absolute Gasteiger partial charge is 0.191 e. The van der Waals surface area contributed by atoms with Crippen LogP contribution >= 0.6 is 0 Å². The van der Waals surface area contributed by atoms with E-state index in [-0.39, 0.29) is 11.7 Å². The quantitative estimate of drug-likeness (QED) is 0.601. The maximum atomic E-state index is 11.5. The van der Waals surface area contributed by atoms with Crippen molar-refractivity contribution < 1.29 is 13.2 Å². The summed E-state index contributed by atoms with van der Waals surface area (Å²) in [4.78, 5) is 4.55. The molecule has 1 heterocycles. The highest BCUT2D eigenvalue weighted by Gasteiger charge is 2.27. The second-order valence-corrected chi connectivity index (χ2v) is 7.93. The van der Waals surface area contributed by atoms with E-state index >= 15 is 0 Å². The molecule has 1 aliphatic rings. The zero-order valence-corrected chi connectivity index (χ0v) is 14.5. The summed E-state index contributed by atoms with van der Waals surface area (Å²) >= 11 is 0. The van der Waals surface area contributed by atoms with Crippen LogP contribution < -0.4 is 15.4 Å². The highest BCUT2D eigenvalue weighted by Crippen LogP contribution is 2.17. The molecule has 1 saturated heterocycles. The van der Waals surface area contributed by atoms with Gasteiger partial charge in [-0.3, -0.25) is 0 Å². The SMILES string of the molecule is CCNC(=NCc1cccc(OC)c1)NCC1CCS(=O)(=O)C1. The summed E-state index contributed by atoms with van der Waals surface area (Å²) in [5.41, 5.74) is 1.06. The predicted octanol–water partition coefficient (Wildman–Crippen LogP) is 1.19. The van der Waals surface area contributed by atoms with Gasteiger partial charge in [0.25, 0.3) is 0 Å². The van der Waals surface area contributed by atoms with E-state index in [1.165, 1.54) is 0 Å². The van der Waals surface area contributed by atoms with Gasteiger partial charge in [0.15, 0.2) is 15.8 Å². The Morgan fingerprint density at radius 3 is 2.87 bits per heavy atom. The number of guanidine groups is 1. The van der Waals surface area contributed by atoms with Crippen molar-refractivity contribution in [2.75, 3.05) is 31.7 Å². The van der Waals surface area contributed by atoms with Crippen LogP contribution in [0.2, 0.25) is 0 Å². The Labute approximate surface area is 138 Å². The third-order valence-corrected chi connectivity index (χ3v) is 5.62. The molecule has 1 atom stereocenters. The van der Waals surface area contributed by atoms with Crippen LogP contribution in [0.3, 0.4) is 0 Å². The first-order valence-corrected chi connectivity index (χ1v) is 9.70. The number of aliphatic imine (C=N–C) groups is 1. The molecule has 1 unspecified atom stereocenters. The number of sulfone groups is 1. The predicted molar refractivity (Wildman–Crippen MR) is 92.6 cm³/mol. The lowest BCUT2D eigenvalue weighted by atomic mass is 10.1. The number of hydrogen-bond donors (Lipinski definition) is 2. The summed E-state index contributed by atoms with van der Waals surface area (Å²) in [6.45, 7) is 3.92. The zero-order valence-electron chi connectivity index (χ0n) is 13.7. The van der Waals surface area contributed by atoms with E-state index in [1.54, 1.807) is 7.11 Å². The lowest BCUT2D eigenvalue weighted by Crippen LogP contribution is -2.40. The van der Waals surface area contributed by atoms with Crippen molar-refractivity contribution in [2.24, 2.45) is 10.9 Å². The van der Waals surface area contributed by atoms with Crippen LogP contribution in [-0.2, 0) is 16.4 Å². The first-order valence-electron chi connectivity index (χ1n) is 7.88. The van der Waals surface area contributed by atoms with E-state index in [9.17, 15) is 8.42 Å². The molecule has 2 rings (SSSR count). The number of rotatable bonds is 6. The first kappa shape index (κ1) is 17.6. The van der Waals surface area contributed by atoms with E-state index < -0.39 is 9.84 Å². The van der Waals surface area contributed by atoms with Crippen LogP contribution in [0.15, 0.2) is 29.3 Å². The number of nitrogens with one attached hydrogen (secondary N) is 2. The van der Waals surface area contributed by atoms with Gasteiger partial charge in [-0.15, -0.1) is 0 Å². The van der Waals surface area contributed by atoms with Crippen molar-refractivity contribution >= 4 is 15.8 Å². The molecule has 1 aromatic carbocycles. The fourth-order valence-corrected chi connectivity index (χ4v) is 4.42. The molecule has 0 amide bonds. The molecule has 0 radical (unpaired) electrons. The monoisotopic (exact) mass is 339 g/mol. The van der Waals surface area contributed by atoms with Gasteiger partial charge >= 0.3 is 0 Å². The number of methoxy groups -OCH3 is 1. The molecule has 1 fully saturated rings. The average Bonchev–Trinajstić information content (AvgIpc) is 2.89. The van der Waals surface area contributed by atoms with Crippen molar-refractivity contribution in [2.45, 2.75) is 19.9 Å². The molecule has 23 heavy (non-hydrogen) atoms. The molecule has 1 aliphatic heterocycles. The third-order valence-electron chi connectivity index (χ3n) is 3.78. The second kappa shape index (κ2) is 8.19. The molecule has 128 valence electrons. The Bertz CT molecular complexity index is 644. The minimum absolute atomic E-state index is 0.167. The highest BCUT2D eigenvalue weighted by atomic mass is 32.2. The molecular weight excluding hydrogens is 314 g/mol. The second-order valence-electron chi connectivity index (χ2n) is 5.70. The van der Waals surface area contributed by atoms with E-state index in [0.29, 0.717) is 24.8 Å². The van der Waals surface area contributed by atoms with Crippen LogP contribution in [0, 0.1) is 5.92 Å². The zero-order chi connectivity index (χ0) is 16.7. The van der Waals surface area contributed by atoms with Crippen molar-refractivity contribution in [1.29, 1.82) is 0 Å².